The number of amides is 1. The van der Waals surface area contributed by atoms with Crippen LogP contribution in [0.2, 0.25) is 10.0 Å². The SMILES string of the molecule is C[C@@]1(c2cc(Cl)c(O)c(Cl)c2)C(=O)Nc2nc(-c3cn4ncnc4c(CC4CCCCC4)n3)nc(N)c21. The molecule has 0 spiro atoms. The molecule has 4 N–H and O–H groups in total. The van der Waals surface area contributed by atoms with Gasteiger partial charge >= 0.3 is 0 Å². The molecule has 1 saturated carbocycles. The molecular weight excluding hydrogens is 515 g/mol. The molecule has 0 unspecified atom stereocenters. The van der Waals surface area contributed by atoms with Crippen LogP contribution in [0, 0.1) is 5.92 Å². The van der Waals surface area contributed by atoms with E-state index in [0.717, 1.165) is 12.1 Å². The zero-order valence-electron chi connectivity index (χ0n) is 20.0. The van der Waals surface area contributed by atoms with Crippen LogP contribution in [0.25, 0.3) is 17.2 Å². The number of nitrogens with zero attached hydrogens (tertiary/aromatic N) is 6. The molecule has 37 heavy (non-hydrogen) atoms. The molecule has 0 bridgehead atoms. The lowest BCUT2D eigenvalue weighted by Gasteiger charge is -2.24. The van der Waals surface area contributed by atoms with E-state index in [0.29, 0.717) is 28.4 Å². The van der Waals surface area contributed by atoms with Gasteiger partial charge < -0.3 is 16.2 Å². The van der Waals surface area contributed by atoms with Gasteiger partial charge in [0, 0.05) is 0 Å². The van der Waals surface area contributed by atoms with Crippen molar-refractivity contribution >= 4 is 46.4 Å². The molecule has 1 aromatic carbocycles. The summed E-state index contributed by atoms with van der Waals surface area (Å²) in [6, 6.07) is 2.98. The van der Waals surface area contributed by atoms with E-state index in [1.54, 1.807) is 17.6 Å². The van der Waals surface area contributed by atoms with Crippen LogP contribution < -0.4 is 11.1 Å². The summed E-state index contributed by atoms with van der Waals surface area (Å²) in [7, 11) is 0. The standard InChI is InChI=1S/C25H24Cl2N8O2/c1-25(13-8-14(26)19(36)15(27)9-13)18-20(28)32-21(33-22(18)34-24(25)37)17-10-35-23(29-11-30-35)16(31-17)7-12-5-3-2-4-6-12/h8-12,36H,2-7H2,1H3,(H3,28,32,33,34,37)/t25-/m0/s1. The predicted molar refractivity (Wildman–Crippen MR) is 140 cm³/mol. The minimum atomic E-state index is -1.27. The van der Waals surface area contributed by atoms with E-state index in [2.05, 4.69) is 25.4 Å². The van der Waals surface area contributed by atoms with Crippen molar-refractivity contribution in [2.24, 2.45) is 5.92 Å². The van der Waals surface area contributed by atoms with Gasteiger partial charge in [0.15, 0.2) is 17.2 Å². The van der Waals surface area contributed by atoms with Crippen LogP contribution in [0.1, 0.15) is 55.8 Å². The maximum absolute atomic E-state index is 13.3. The Morgan fingerprint density at radius 3 is 2.62 bits per heavy atom. The molecule has 2 aliphatic rings. The van der Waals surface area contributed by atoms with E-state index >= 15 is 0 Å². The van der Waals surface area contributed by atoms with Gasteiger partial charge in [-0.1, -0.05) is 55.3 Å². The van der Waals surface area contributed by atoms with Crippen LogP contribution in [-0.2, 0) is 16.6 Å². The number of hydrogen-bond donors (Lipinski definition) is 3. The number of anilines is 2. The molecule has 0 radical (unpaired) electrons. The summed E-state index contributed by atoms with van der Waals surface area (Å²) < 4.78 is 1.68. The zero-order valence-corrected chi connectivity index (χ0v) is 21.5. The van der Waals surface area contributed by atoms with Crippen molar-refractivity contribution < 1.29 is 9.90 Å². The first-order valence-corrected chi connectivity index (χ1v) is 12.9. The van der Waals surface area contributed by atoms with Gasteiger partial charge in [0.1, 0.15) is 29.1 Å². The summed E-state index contributed by atoms with van der Waals surface area (Å²) in [5.41, 5.74) is 8.08. The Hall–Kier alpha value is -3.50. The molecule has 4 heterocycles. The molecule has 1 aliphatic carbocycles. The lowest BCUT2D eigenvalue weighted by molar-refractivity contribution is -0.119. The smallest absolute Gasteiger partial charge is 0.240 e. The third kappa shape index (κ3) is 3.86. The van der Waals surface area contributed by atoms with Gasteiger partial charge in [-0.2, -0.15) is 5.10 Å². The number of fused-ring (bicyclic) bond motifs is 2. The Morgan fingerprint density at radius 2 is 1.89 bits per heavy atom. The van der Waals surface area contributed by atoms with Crippen molar-refractivity contribution in [1.82, 2.24) is 29.5 Å². The van der Waals surface area contributed by atoms with Crippen molar-refractivity contribution in [3.8, 4) is 17.3 Å². The topological polar surface area (TPSA) is 144 Å². The lowest BCUT2D eigenvalue weighted by atomic mass is 9.77. The number of carbonyl (C=O) groups excluding carboxylic acids is 1. The van der Waals surface area contributed by atoms with Gasteiger partial charge in [-0.3, -0.25) is 4.79 Å². The third-order valence-electron chi connectivity index (χ3n) is 7.48. The van der Waals surface area contributed by atoms with E-state index in [-0.39, 0.29) is 39.2 Å². The highest BCUT2D eigenvalue weighted by Crippen LogP contribution is 2.47. The van der Waals surface area contributed by atoms with Crippen LogP contribution in [0.3, 0.4) is 0 Å². The monoisotopic (exact) mass is 538 g/mol. The highest BCUT2D eigenvalue weighted by atomic mass is 35.5. The highest BCUT2D eigenvalue weighted by Gasteiger charge is 2.48. The average molecular weight is 539 g/mol. The quantitative estimate of drug-likeness (QED) is 0.343. The van der Waals surface area contributed by atoms with Gasteiger partial charge in [0.05, 0.1) is 27.5 Å². The number of nitrogens with two attached hydrogens (primary N) is 1. The molecule has 1 fully saturated rings. The van der Waals surface area contributed by atoms with Crippen molar-refractivity contribution in [2.75, 3.05) is 11.1 Å². The maximum Gasteiger partial charge on any atom is 0.240 e. The number of aromatic nitrogens is 6. The molecule has 12 heteroatoms. The molecule has 4 aromatic rings. The number of halogens is 2. The Labute approximate surface area is 222 Å². The van der Waals surface area contributed by atoms with Gasteiger partial charge in [0.2, 0.25) is 5.91 Å². The second kappa shape index (κ2) is 8.81. The molecule has 1 amide bonds. The van der Waals surface area contributed by atoms with Gasteiger partial charge in [0.25, 0.3) is 0 Å². The number of benzene rings is 1. The van der Waals surface area contributed by atoms with E-state index in [1.165, 1.54) is 50.6 Å². The minimum Gasteiger partial charge on any atom is -0.505 e. The number of phenolic OH excluding ortho intramolecular Hbond substituents is 1. The molecule has 6 rings (SSSR count). The fourth-order valence-corrected chi connectivity index (χ4v) is 5.94. The molecule has 190 valence electrons. The number of carbonyl (C=O) groups is 1. The maximum atomic E-state index is 13.3. The van der Waals surface area contributed by atoms with E-state index in [4.69, 9.17) is 33.9 Å². The second-order valence-corrected chi connectivity index (χ2v) is 10.6. The summed E-state index contributed by atoms with van der Waals surface area (Å²) in [5, 5.41) is 17.2. The fourth-order valence-electron chi connectivity index (χ4n) is 5.45. The van der Waals surface area contributed by atoms with Gasteiger partial charge in [-0.05, 0) is 37.0 Å². The third-order valence-corrected chi connectivity index (χ3v) is 8.06. The Kier molecular flexibility index (Phi) is 5.68. The average Bonchev–Trinajstić information content (AvgIpc) is 3.46. The molecule has 0 saturated heterocycles. The first-order chi connectivity index (χ1) is 17.8. The highest BCUT2D eigenvalue weighted by molar-refractivity contribution is 6.37. The summed E-state index contributed by atoms with van der Waals surface area (Å²) in [5.74, 6) is 0.598. The minimum absolute atomic E-state index is 0.0249. The lowest BCUT2D eigenvalue weighted by Crippen LogP contribution is -2.33. The van der Waals surface area contributed by atoms with Crippen LogP contribution in [-0.4, -0.2) is 40.6 Å². The molecular formula is C25H24Cl2N8O2. The van der Waals surface area contributed by atoms with Gasteiger partial charge in [-0.15, -0.1) is 0 Å². The number of rotatable bonds is 4. The summed E-state index contributed by atoms with van der Waals surface area (Å²) >= 11 is 12.3. The number of nitrogen functional groups attached to an aromatic ring is 1. The number of hydrogen-bond acceptors (Lipinski definition) is 8. The number of phenols is 1. The van der Waals surface area contributed by atoms with Crippen molar-refractivity contribution in [1.29, 1.82) is 0 Å². The first kappa shape index (κ1) is 23.9. The molecule has 1 aliphatic heterocycles. The fraction of sp³-hybridized carbons (Fsp3) is 0.360. The van der Waals surface area contributed by atoms with Crippen LogP contribution in [0.4, 0.5) is 11.6 Å². The number of nitrogens with one attached hydrogen (secondary N) is 1. The van der Waals surface area contributed by atoms with Gasteiger partial charge in [-0.25, -0.2) is 24.5 Å². The van der Waals surface area contributed by atoms with E-state index in [1.807, 2.05) is 0 Å². The van der Waals surface area contributed by atoms with Crippen LogP contribution in [0.5, 0.6) is 5.75 Å². The van der Waals surface area contributed by atoms with Crippen molar-refractivity contribution in [3.05, 3.63) is 51.5 Å². The van der Waals surface area contributed by atoms with E-state index < -0.39 is 5.41 Å². The second-order valence-electron chi connectivity index (χ2n) is 9.83. The molecule has 10 nitrogen and oxygen atoms in total. The van der Waals surface area contributed by atoms with E-state index in [9.17, 15) is 9.90 Å². The summed E-state index contributed by atoms with van der Waals surface area (Å²) in [6.07, 6.45) is 10.1. The molecule has 3 aromatic heterocycles. The summed E-state index contributed by atoms with van der Waals surface area (Å²) in [6.45, 7) is 1.69. The van der Waals surface area contributed by atoms with Crippen molar-refractivity contribution in [3.63, 3.8) is 0 Å². The predicted octanol–water partition coefficient (Wildman–Crippen LogP) is 4.56. The zero-order chi connectivity index (χ0) is 25.9. The summed E-state index contributed by atoms with van der Waals surface area (Å²) in [4.78, 5) is 31.7. The van der Waals surface area contributed by atoms with Crippen LogP contribution >= 0.6 is 23.2 Å². The first-order valence-electron chi connectivity index (χ1n) is 12.1. The Balaban J connectivity index is 1.44. The molecule has 1 atom stereocenters. The Morgan fingerprint density at radius 1 is 1.16 bits per heavy atom. The number of aromatic hydroxyl groups is 1. The van der Waals surface area contributed by atoms with Crippen LogP contribution in [0.15, 0.2) is 24.7 Å². The Bertz CT molecular complexity index is 1540. The normalized spacial score (nSPS) is 19.8. The van der Waals surface area contributed by atoms with Crippen molar-refractivity contribution in [2.45, 2.75) is 50.9 Å². The largest absolute Gasteiger partial charge is 0.505 e.